The van der Waals surface area contributed by atoms with Crippen LogP contribution in [0.25, 0.3) is 0 Å². The second-order valence-corrected chi connectivity index (χ2v) is 5.11. The van der Waals surface area contributed by atoms with Gasteiger partial charge in [0, 0.05) is 29.3 Å². The number of likely N-dealkylation sites (N-methyl/N-ethyl adjacent to an activating group) is 1. The molecule has 1 unspecified atom stereocenters. The van der Waals surface area contributed by atoms with Gasteiger partial charge >= 0.3 is 0 Å². The van der Waals surface area contributed by atoms with Crippen LogP contribution in [0.5, 0.6) is 0 Å². The maximum atomic E-state index is 6.17. The minimum Gasteiger partial charge on any atom is -0.381 e. The van der Waals surface area contributed by atoms with Crippen molar-refractivity contribution in [2.24, 2.45) is 0 Å². The molecule has 0 amide bonds. The summed E-state index contributed by atoms with van der Waals surface area (Å²) >= 11 is 12.3. The Balaban J connectivity index is 2.52. The second kappa shape index (κ2) is 8.76. The largest absolute Gasteiger partial charge is 0.381 e. The van der Waals surface area contributed by atoms with Gasteiger partial charge in [0.05, 0.1) is 0 Å². The Morgan fingerprint density at radius 3 is 2.44 bits per heavy atom. The molecular weight excluding hydrogens is 269 g/mol. The summed E-state index contributed by atoms with van der Waals surface area (Å²) in [5, 5.41) is 4.75. The summed E-state index contributed by atoms with van der Waals surface area (Å²) in [5.74, 6) is 0. The fourth-order valence-corrected chi connectivity index (χ4v) is 2.35. The number of nitrogens with one attached hydrogen (secondary N) is 1. The van der Waals surface area contributed by atoms with Crippen molar-refractivity contribution in [3.63, 3.8) is 0 Å². The van der Waals surface area contributed by atoms with E-state index < -0.39 is 0 Å². The Hall–Kier alpha value is -0.280. The van der Waals surface area contributed by atoms with Gasteiger partial charge in [-0.3, -0.25) is 0 Å². The van der Waals surface area contributed by atoms with Crippen LogP contribution in [-0.4, -0.2) is 26.3 Å². The average Bonchev–Trinajstić information content (AvgIpc) is 2.36. The molecule has 2 nitrogen and oxygen atoms in total. The molecule has 0 spiro atoms. The number of halogens is 2. The molecule has 0 aliphatic carbocycles. The Labute approximate surface area is 120 Å². The van der Waals surface area contributed by atoms with Gasteiger partial charge in [0.15, 0.2) is 0 Å². The van der Waals surface area contributed by atoms with Gasteiger partial charge in [0.1, 0.15) is 0 Å². The van der Waals surface area contributed by atoms with Crippen molar-refractivity contribution in [1.29, 1.82) is 0 Å². The summed E-state index contributed by atoms with van der Waals surface area (Å²) in [4.78, 5) is 0. The highest BCUT2D eigenvalue weighted by molar-refractivity contribution is 6.35. The van der Waals surface area contributed by atoms with Crippen molar-refractivity contribution in [3.8, 4) is 0 Å². The van der Waals surface area contributed by atoms with Crippen LogP contribution in [0.1, 0.15) is 25.3 Å². The molecular formula is C14H21Cl2NO. The van der Waals surface area contributed by atoms with Gasteiger partial charge in [-0.15, -0.1) is 0 Å². The van der Waals surface area contributed by atoms with E-state index >= 15 is 0 Å². The van der Waals surface area contributed by atoms with Crippen LogP contribution >= 0.6 is 23.2 Å². The van der Waals surface area contributed by atoms with Crippen LogP contribution < -0.4 is 5.32 Å². The molecule has 0 aliphatic rings. The minimum absolute atomic E-state index is 0.333. The van der Waals surface area contributed by atoms with E-state index in [9.17, 15) is 0 Å². The maximum Gasteiger partial charge on any atom is 0.0480 e. The molecule has 1 aromatic carbocycles. The molecule has 1 rings (SSSR count). The van der Waals surface area contributed by atoms with Crippen molar-refractivity contribution in [2.75, 3.05) is 20.3 Å². The molecule has 0 saturated heterocycles. The fourth-order valence-electron chi connectivity index (χ4n) is 1.79. The van der Waals surface area contributed by atoms with E-state index in [1.807, 2.05) is 25.2 Å². The molecule has 0 fully saturated rings. The molecule has 1 aromatic rings. The van der Waals surface area contributed by atoms with Crippen molar-refractivity contribution < 1.29 is 4.74 Å². The van der Waals surface area contributed by atoms with Crippen LogP contribution in [-0.2, 0) is 11.2 Å². The molecule has 0 saturated carbocycles. The van der Waals surface area contributed by atoms with Crippen LogP contribution in [0.15, 0.2) is 18.2 Å². The third-order valence-corrected chi connectivity index (χ3v) is 3.59. The van der Waals surface area contributed by atoms with Gasteiger partial charge in [-0.2, -0.15) is 0 Å². The quantitative estimate of drug-likeness (QED) is 0.732. The van der Waals surface area contributed by atoms with E-state index in [1.54, 1.807) is 0 Å². The summed E-state index contributed by atoms with van der Waals surface area (Å²) < 4.78 is 5.51. The Morgan fingerprint density at radius 1 is 1.22 bits per heavy atom. The number of rotatable bonds is 8. The Morgan fingerprint density at radius 2 is 1.89 bits per heavy atom. The molecule has 102 valence electrons. The smallest absolute Gasteiger partial charge is 0.0480 e. The molecule has 0 radical (unpaired) electrons. The molecule has 4 heteroatoms. The predicted octanol–water partition coefficient (Wildman–Crippen LogP) is 3.94. The topological polar surface area (TPSA) is 21.3 Å². The third-order valence-electron chi connectivity index (χ3n) is 2.88. The third kappa shape index (κ3) is 5.15. The van der Waals surface area contributed by atoms with E-state index in [4.69, 9.17) is 27.9 Å². The monoisotopic (exact) mass is 289 g/mol. The van der Waals surface area contributed by atoms with Gasteiger partial charge in [0.25, 0.3) is 0 Å². The first kappa shape index (κ1) is 15.8. The summed E-state index contributed by atoms with van der Waals surface area (Å²) in [6, 6.07) is 5.96. The molecule has 0 aliphatic heterocycles. The predicted molar refractivity (Wildman–Crippen MR) is 78.7 cm³/mol. The normalized spacial score (nSPS) is 12.7. The minimum atomic E-state index is 0.333. The van der Waals surface area contributed by atoms with Crippen molar-refractivity contribution in [1.82, 2.24) is 5.32 Å². The molecule has 1 N–H and O–H groups in total. The first-order chi connectivity index (χ1) is 8.69. The lowest BCUT2D eigenvalue weighted by molar-refractivity contribution is 0.125. The number of hydrogen-bond donors (Lipinski definition) is 1. The first-order valence-electron chi connectivity index (χ1n) is 6.37. The zero-order valence-electron chi connectivity index (χ0n) is 11.0. The highest BCUT2D eigenvalue weighted by Crippen LogP contribution is 2.25. The highest BCUT2D eigenvalue weighted by Gasteiger charge is 2.12. The molecule has 0 aromatic heterocycles. The van der Waals surface area contributed by atoms with E-state index in [0.717, 1.165) is 48.1 Å². The summed E-state index contributed by atoms with van der Waals surface area (Å²) in [7, 11) is 1.95. The summed E-state index contributed by atoms with van der Waals surface area (Å²) in [5.41, 5.74) is 1.01. The zero-order chi connectivity index (χ0) is 13.4. The Kier molecular flexibility index (Phi) is 7.68. The van der Waals surface area contributed by atoms with Crippen molar-refractivity contribution in [3.05, 3.63) is 33.8 Å². The van der Waals surface area contributed by atoms with Crippen molar-refractivity contribution >= 4 is 23.2 Å². The van der Waals surface area contributed by atoms with Crippen LogP contribution in [0.2, 0.25) is 10.0 Å². The summed E-state index contributed by atoms with van der Waals surface area (Å²) in [6.45, 7) is 3.70. The second-order valence-electron chi connectivity index (χ2n) is 4.29. The zero-order valence-corrected chi connectivity index (χ0v) is 12.5. The number of ether oxygens (including phenoxy) is 1. The number of benzene rings is 1. The molecule has 0 heterocycles. The van der Waals surface area contributed by atoms with E-state index in [1.165, 1.54) is 0 Å². The van der Waals surface area contributed by atoms with Crippen LogP contribution in [0.4, 0.5) is 0 Å². The lowest BCUT2D eigenvalue weighted by Gasteiger charge is -2.17. The molecule has 0 bridgehead atoms. The maximum absolute atomic E-state index is 6.17. The van der Waals surface area contributed by atoms with Gasteiger partial charge in [-0.1, -0.05) is 36.2 Å². The lowest BCUT2D eigenvalue weighted by Crippen LogP contribution is -2.29. The van der Waals surface area contributed by atoms with E-state index in [-0.39, 0.29) is 0 Å². The van der Waals surface area contributed by atoms with Crippen molar-refractivity contribution in [2.45, 2.75) is 32.2 Å². The Bertz CT molecular complexity index is 337. The van der Waals surface area contributed by atoms with E-state index in [0.29, 0.717) is 6.04 Å². The molecule has 1 atom stereocenters. The van der Waals surface area contributed by atoms with E-state index in [2.05, 4.69) is 12.2 Å². The van der Waals surface area contributed by atoms with Gasteiger partial charge in [-0.05, 0) is 44.0 Å². The lowest BCUT2D eigenvalue weighted by atomic mass is 10.0. The van der Waals surface area contributed by atoms with Gasteiger partial charge < -0.3 is 10.1 Å². The fraction of sp³-hybridized carbons (Fsp3) is 0.571. The highest BCUT2D eigenvalue weighted by atomic mass is 35.5. The standard InChI is InChI=1S/C14H21Cl2NO/c1-3-8-18-9-7-11(17-2)10-12-13(15)5-4-6-14(12)16/h4-6,11,17H,3,7-10H2,1-2H3. The van der Waals surface area contributed by atoms with Gasteiger partial charge in [-0.25, -0.2) is 0 Å². The first-order valence-corrected chi connectivity index (χ1v) is 7.12. The van der Waals surface area contributed by atoms with Crippen LogP contribution in [0.3, 0.4) is 0 Å². The molecule has 18 heavy (non-hydrogen) atoms. The summed E-state index contributed by atoms with van der Waals surface area (Å²) in [6.07, 6.45) is 2.84. The SMILES string of the molecule is CCCOCCC(Cc1c(Cl)cccc1Cl)NC. The van der Waals surface area contributed by atoms with Gasteiger partial charge in [0.2, 0.25) is 0 Å². The number of hydrogen-bond acceptors (Lipinski definition) is 2. The average molecular weight is 290 g/mol. The van der Waals surface area contributed by atoms with Crippen LogP contribution in [0, 0.1) is 0 Å².